The molecule has 3 rings (SSSR count). The average Bonchev–Trinajstić information content (AvgIpc) is 3.00. The molecule has 2 aromatic rings. The number of nitrogens with zero attached hydrogens (tertiary/aromatic N) is 3. The van der Waals surface area contributed by atoms with Gasteiger partial charge in [0.05, 0.1) is 16.5 Å². The van der Waals surface area contributed by atoms with E-state index in [9.17, 15) is 19.7 Å². The predicted octanol–water partition coefficient (Wildman–Crippen LogP) is 2.28. The number of non-ortho nitro benzene ring substituents is 1. The number of rotatable bonds is 9. The molecule has 1 aliphatic rings. The molecule has 0 spiro atoms. The lowest BCUT2D eigenvalue weighted by molar-refractivity contribution is -0.384. The number of aromatic nitrogens is 1. The number of hydrogen-bond donors (Lipinski definition) is 1. The van der Waals surface area contributed by atoms with Crippen LogP contribution in [-0.4, -0.2) is 46.5 Å². The molecule has 0 atom stereocenters. The Morgan fingerprint density at radius 2 is 1.96 bits per heavy atom. The molecule has 1 saturated heterocycles. The fraction of sp³-hybridized carbons (Fsp3) is 0.579. The summed E-state index contributed by atoms with van der Waals surface area (Å²) in [6.45, 7) is 4.32. The number of aryl methyl sites for hydroxylation is 1. The van der Waals surface area contributed by atoms with Crippen molar-refractivity contribution >= 4 is 22.7 Å². The topological polar surface area (TPSA) is 111 Å². The zero-order valence-corrected chi connectivity index (χ0v) is 15.9. The van der Waals surface area contributed by atoms with Gasteiger partial charge in [-0.2, -0.15) is 0 Å². The van der Waals surface area contributed by atoms with Gasteiger partial charge in [-0.25, -0.2) is 4.79 Å². The predicted molar refractivity (Wildman–Crippen MR) is 104 cm³/mol. The third-order valence-electron chi connectivity index (χ3n) is 5.07. The van der Waals surface area contributed by atoms with E-state index in [1.54, 1.807) is 0 Å². The summed E-state index contributed by atoms with van der Waals surface area (Å²) in [6.07, 6.45) is 5.60. The van der Waals surface area contributed by atoms with Crippen molar-refractivity contribution in [2.45, 2.75) is 45.1 Å². The first kappa shape index (κ1) is 20.1. The van der Waals surface area contributed by atoms with Crippen molar-refractivity contribution in [3.05, 3.63) is 38.9 Å². The summed E-state index contributed by atoms with van der Waals surface area (Å²) < 4.78 is 6.49. The summed E-state index contributed by atoms with van der Waals surface area (Å²) in [5.74, 6) is -0.604. The van der Waals surface area contributed by atoms with Crippen LogP contribution in [0.1, 0.15) is 38.5 Å². The van der Waals surface area contributed by atoms with Crippen LogP contribution in [0.3, 0.4) is 0 Å². The van der Waals surface area contributed by atoms with Crippen molar-refractivity contribution in [2.75, 3.05) is 26.2 Å². The molecule has 1 N–H and O–H groups in total. The van der Waals surface area contributed by atoms with E-state index in [0.717, 1.165) is 26.1 Å². The Hall–Kier alpha value is -2.68. The number of hydrogen-bond acceptors (Lipinski definition) is 6. The number of carbonyl (C=O) groups is 1. The summed E-state index contributed by atoms with van der Waals surface area (Å²) in [5.41, 5.74) is 0.552. The summed E-state index contributed by atoms with van der Waals surface area (Å²) in [5, 5.41) is 13.7. The standard InChI is InChI=1S/C19H26N4O5/c24-18(20-9-5-12-21-10-2-1-3-11-21)6-4-13-22-16-8-7-15(23(26)27)14-17(16)28-19(22)25/h7-8,14H,1-6,9-13H2,(H,20,24). The van der Waals surface area contributed by atoms with Gasteiger partial charge in [0.25, 0.3) is 5.69 Å². The molecule has 1 aromatic heterocycles. The lowest BCUT2D eigenvalue weighted by Gasteiger charge is -2.26. The number of carbonyl (C=O) groups excluding carboxylic acids is 1. The second-order valence-corrected chi connectivity index (χ2v) is 7.14. The molecule has 0 saturated carbocycles. The summed E-state index contributed by atoms with van der Waals surface area (Å²) in [7, 11) is 0. The van der Waals surface area contributed by atoms with E-state index in [2.05, 4.69) is 10.2 Å². The summed E-state index contributed by atoms with van der Waals surface area (Å²) >= 11 is 0. The number of likely N-dealkylation sites (tertiary alicyclic amines) is 1. The summed E-state index contributed by atoms with van der Waals surface area (Å²) in [4.78, 5) is 36.7. The number of nitro groups is 1. The molecule has 1 aromatic carbocycles. The van der Waals surface area contributed by atoms with E-state index in [-0.39, 0.29) is 17.2 Å². The van der Waals surface area contributed by atoms with Crippen molar-refractivity contribution in [1.82, 2.24) is 14.8 Å². The van der Waals surface area contributed by atoms with Crippen LogP contribution in [0.4, 0.5) is 5.69 Å². The lowest BCUT2D eigenvalue weighted by atomic mass is 10.1. The third kappa shape index (κ3) is 5.19. The SMILES string of the molecule is O=C(CCCn1c(=O)oc2cc([N+](=O)[O-])ccc21)NCCCN1CCCCC1. The molecular formula is C19H26N4O5. The van der Waals surface area contributed by atoms with Gasteiger partial charge >= 0.3 is 5.76 Å². The highest BCUT2D eigenvalue weighted by Gasteiger charge is 2.14. The van der Waals surface area contributed by atoms with E-state index in [4.69, 9.17) is 4.42 Å². The first-order valence-corrected chi connectivity index (χ1v) is 9.81. The minimum atomic E-state index is -0.572. The number of fused-ring (bicyclic) bond motifs is 1. The van der Waals surface area contributed by atoms with Gasteiger partial charge in [-0.3, -0.25) is 19.5 Å². The molecule has 0 unspecified atom stereocenters. The van der Waals surface area contributed by atoms with Crippen LogP contribution in [-0.2, 0) is 11.3 Å². The van der Waals surface area contributed by atoms with Crippen LogP contribution in [0.15, 0.2) is 27.4 Å². The molecule has 0 aliphatic carbocycles. The van der Waals surface area contributed by atoms with Gasteiger partial charge in [-0.15, -0.1) is 0 Å². The van der Waals surface area contributed by atoms with Crippen molar-refractivity contribution in [1.29, 1.82) is 0 Å². The van der Waals surface area contributed by atoms with E-state index >= 15 is 0 Å². The Morgan fingerprint density at radius 1 is 1.18 bits per heavy atom. The van der Waals surface area contributed by atoms with Crippen LogP contribution in [0.2, 0.25) is 0 Å². The van der Waals surface area contributed by atoms with Crippen molar-refractivity contribution in [3.63, 3.8) is 0 Å². The number of piperidine rings is 1. The Kier molecular flexibility index (Phi) is 6.80. The highest BCUT2D eigenvalue weighted by molar-refractivity contribution is 5.76. The first-order chi connectivity index (χ1) is 13.5. The van der Waals surface area contributed by atoms with E-state index in [1.807, 2.05) is 0 Å². The number of nitrogens with one attached hydrogen (secondary N) is 1. The third-order valence-corrected chi connectivity index (χ3v) is 5.07. The van der Waals surface area contributed by atoms with Crippen LogP contribution in [0.25, 0.3) is 11.1 Å². The normalized spacial score (nSPS) is 15.0. The zero-order chi connectivity index (χ0) is 19.9. The molecule has 152 valence electrons. The van der Waals surface area contributed by atoms with Gasteiger partial charge in [0.15, 0.2) is 5.58 Å². The molecule has 9 nitrogen and oxygen atoms in total. The van der Waals surface area contributed by atoms with E-state index < -0.39 is 10.7 Å². The van der Waals surface area contributed by atoms with Gasteiger partial charge < -0.3 is 14.6 Å². The largest absolute Gasteiger partial charge is 0.419 e. The quantitative estimate of drug-likeness (QED) is 0.399. The number of amides is 1. The molecule has 28 heavy (non-hydrogen) atoms. The van der Waals surface area contributed by atoms with E-state index in [1.165, 1.54) is 42.0 Å². The molecule has 9 heteroatoms. The van der Waals surface area contributed by atoms with Crippen molar-refractivity contribution in [2.24, 2.45) is 0 Å². The minimum Gasteiger partial charge on any atom is -0.407 e. The maximum Gasteiger partial charge on any atom is 0.419 e. The molecule has 0 bridgehead atoms. The minimum absolute atomic E-state index is 0.0323. The monoisotopic (exact) mass is 390 g/mol. The van der Waals surface area contributed by atoms with Gasteiger partial charge in [0.2, 0.25) is 5.91 Å². The number of oxazole rings is 1. The Bertz CT molecular complexity index is 882. The molecule has 1 amide bonds. The average molecular weight is 390 g/mol. The first-order valence-electron chi connectivity index (χ1n) is 9.81. The highest BCUT2D eigenvalue weighted by atomic mass is 16.6. The van der Waals surface area contributed by atoms with Gasteiger partial charge in [-0.1, -0.05) is 6.42 Å². The highest BCUT2D eigenvalue weighted by Crippen LogP contribution is 2.20. The van der Waals surface area contributed by atoms with Crippen molar-refractivity contribution < 1.29 is 14.1 Å². The molecule has 2 heterocycles. The maximum absolute atomic E-state index is 12.0. The zero-order valence-electron chi connectivity index (χ0n) is 15.9. The maximum atomic E-state index is 12.0. The second kappa shape index (κ2) is 9.50. The number of benzene rings is 1. The van der Waals surface area contributed by atoms with Crippen LogP contribution >= 0.6 is 0 Å². The molecule has 1 aliphatic heterocycles. The number of nitro benzene ring substituents is 1. The Morgan fingerprint density at radius 3 is 2.71 bits per heavy atom. The second-order valence-electron chi connectivity index (χ2n) is 7.14. The van der Waals surface area contributed by atoms with Crippen LogP contribution in [0, 0.1) is 10.1 Å². The molecule has 0 radical (unpaired) electrons. The summed E-state index contributed by atoms with van der Waals surface area (Å²) in [6, 6.07) is 4.07. The van der Waals surface area contributed by atoms with Crippen LogP contribution in [0.5, 0.6) is 0 Å². The molecule has 1 fully saturated rings. The smallest absolute Gasteiger partial charge is 0.407 e. The Labute approximate surface area is 162 Å². The fourth-order valence-corrected chi connectivity index (χ4v) is 3.58. The van der Waals surface area contributed by atoms with Gasteiger partial charge in [0.1, 0.15) is 0 Å². The fourth-order valence-electron chi connectivity index (χ4n) is 3.58. The van der Waals surface area contributed by atoms with Crippen LogP contribution < -0.4 is 11.1 Å². The Balaban J connectivity index is 1.41. The van der Waals surface area contributed by atoms with Crippen molar-refractivity contribution in [3.8, 4) is 0 Å². The van der Waals surface area contributed by atoms with Gasteiger partial charge in [-0.05, 0) is 51.4 Å². The van der Waals surface area contributed by atoms with E-state index in [0.29, 0.717) is 31.4 Å². The van der Waals surface area contributed by atoms with Gasteiger partial charge in [0, 0.05) is 25.6 Å². The lowest BCUT2D eigenvalue weighted by Crippen LogP contribution is -2.33. The molecular weight excluding hydrogens is 364 g/mol.